The first-order valence-electron chi connectivity index (χ1n) is 8.15. The number of morpholine rings is 1. The van der Waals surface area contributed by atoms with Crippen LogP contribution in [0, 0.1) is 5.82 Å². The normalized spacial score (nSPS) is 15.3. The van der Waals surface area contributed by atoms with E-state index in [0.717, 1.165) is 37.6 Å². The molecule has 1 aliphatic rings. The largest absolute Gasteiger partial charge is 0.378 e. The van der Waals surface area contributed by atoms with Crippen molar-refractivity contribution < 1.29 is 17.5 Å². The van der Waals surface area contributed by atoms with E-state index in [1.165, 1.54) is 24.3 Å². The van der Waals surface area contributed by atoms with Crippen molar-refractivity contribution in [1.82, 2.24) is 4.72 Å². The third-order valence-electron chi connectivity index (χ3n) is 4.08. The van der Waals surface area contributed by atoms with Crippen LogP contribution in [0.4, 0.5) is 10.1 Å². The highest BCUT2D eigenvalue weighted by Crippen LogP contribution is 2.17. The standard InChI is InChI=1S/C18H21FN2O3S/c19-17-5-1-16(2-6-17)14-25(22,23)20-13-15-3-7-18(8-4-15)21-9-11-24-12-10-21/h1-8,20H,9-14H2. The van der Waals surface area contributed by atoms with E-state index in [9.17, 15) is 12.8 Å². The third-order valence-corrected chi connectivity index (χ3v) is 5.38. The molecule has 0 bridgehead atoms. The molecule has 3 rings (SSSR count). The Morgan fingerprint density at radius 2 is 1.56 bits per heavy atom. The zero-order valence-electron chi connectivity index (χ0n) is 13.8. The second-order valence-corrected chi connectivity index (χ2v) is 7.78. The molecule has 2 aromatic rings. The lowest BCUT2D eigenvalue weighted by Crippen LogP contribution is -2.36. The molecule has 0 spiro atoms. The maximum absolute atomic E-state index is 12.9. The molecular formula is C18H21FN2O3S. The lowest BCUT2D eigenvalue weighted by Gasteiger charge is -2.28. The van der Waals surface area contributed by atoms with Gasteiger partial charge in [-0.05, 0) is 35.4 Å². The Balaban J connectivity index is 1.55. The SMILES string of the molecule is O=S(=O)(Cc1ccc(F)cc1)NCc1ccc(N2CCOCC2)cc1. The van der Waals surface area contributed by atoms with Crippen LogP contribution in [0.25, 0.3) is 0 Å². The van der Waals surface area contributed by atoms with Gasteiger partial charge in [-0.3, -0.25) is 0 Å². The Labute approximate surface area is 147 Å². The van der Waals surface area contributed by atoms with Gasteiger partial charge in [-0.25, -0.2) is 17.5 Å². The van der Waals surface area contributed by atoms with Gasteiger partial charge in [-0.15, -0.1) is 0 Å². The molecule has 2 aromatic carbocycles. The maximum Gasteiger partial charge on any atom is 0.216 e. The minimum Gasteiger partial charge on any atom is -0.378 e. The second-order valence-electron chi connectivity index (χ2n) is 5.97. The number of halogens is 1. The van der Waals surface area contributed by atoms with Crippen LogP contribution >= 0.6 is 0 Å². The van der Waals surface area contributed by atoms with E-state index >= 15 is 0 Å². The molecule has 0 aliphatic carbocycles. The summed E-state index contributed by atoms with van der Waals surface area (Å²) in [6, 6.07) is 13.3. The van der Waals surface area contributed by atoms with Crippen LogP contribution < -0.4 is 9.62 Å². The van der Waals surface area contributed by atoms with Gasteiger partial charge in [0.2, 0.25) is 10.0 Å². The molecular weight excluding hydrogens is 343 g/mol. The van der Waals surface area contributed by atoms with E-state index in [0.29, 0.717) is 5.56 Å². The molecule has 7 heteroatoms. The number of rotatable bonds is 6. The fraction of sp³-hybridized carbons (Fsp3) is 0.333. The van der Waals surface area contributed by atoms with Crippen LogP contribution in [0.3, 0.4) is 0 Å². The van der Waals surface area contributed by atoms with Crippen LogP contribution in [-0.2, 0) is 27.1 Å². The number of hydrogen-bond donors (Lipinski definition) is 1. The van der Waals surface area contributed by atoms with Crippen LogP contribution in [0.15, 0.2) is 48.5 Å². The Kier molecular flexibility index (Phi) is 5.67. The molecule has 5 nitrogen and oxygen atoms in total. The van der Waals surface area contributed by atoms with Crippen molar-refractivity contribution in [1.29, 1.82) is 0 Å². The number of ether oxygens (including phenoxy) is 1. The molecule has 134 valence electrons. The van der Waals surface area contributed by atoms with Crippen molar-refractivity contribution in [3.63, 3.8) is 0 Å². The molecule has 0 amide bonds. The molecule has 1 fully saturated rings. The minimum absolute atomic E-state index is 0.168. The summed E-state index contributed by atoms with van der Waals surface area (Å²) in [4.78, 5) is 2.24. The quantitative estimate of drug-likeness (QED) is 0.854. The molecule has 1 aliphatic heterocycles. The fourth-order valence-electron chi connectivity index (χ4n) is 2.69. The number of nitrogens with zero attached hydrogens (tertiary/aromatic N) is 1. The van der Waals surface area contributed by atoms with Gasteiger partial charge in [0.15, 0.2) is 0 Å². The number of benzene rings is 2. The predicted molar refractivity (Wildman–Crippen MR) is 95.3 cm³/mol. The molecule has 1 heterocycles. The third kappa shape index (κ3) is 5.26. The minimum atomic E-state index is -3.48. The van der Waals surface area contributed by atoms with E-state index in [1.54, 1.807) is 0 Å². The summed E-state index contributed by atoms with van der Waals surface area (Å²) in [7, 11) is -3.48. The van der Waals surface area contributed by atoms with E-state index in [2.05, 4.69) is 9.62 Å². The van der Waals surface area contributed by atoms with Crippen LogP contribution in [0.2, 0.25) is 0 Å². The van der Waals surface area contributed by atoms with Crippen LogP contribution in [-0.4, -0.2) is 34.7 Å². The Morgan fingerprint density at radius 1 is 0.960 bits per heavy atom. The van der Waals surface area contributed by atoms with Crippen molar-refractivity contribution in [2.24, 2.45) is 0 Å². The average Bonchev–Trinajstić information content (AvgIpc) is 2.63. The van der Waals surface area contributed by atoms with Gasteiger partial charge < -0.3 is 9.64 Å². The fourth-order valence-corrected chi connectivity index (χ4v) is 3.81. The molecule has 1 saturated heterocycles. The predicted octanol–water partition coefficient (Wildman–Crippen LogP) is 2.28. The number of nitrogens with one attached hydrogen (secondary N) is 1. The van der Waals surface area contributed by atoms with E-state index in [4.69, 9.17) is 4.74 Å². The van der Waals surface area contributed by atoms with E-state index < -0.39 is 10.0 Å². The smallest absolute Gasteiger partial charge is 0.216 e. The zero-order valence-corrected chi connectivity index (χ0v) is 14.6. The van der Waals surface area contributed by atoms with Crippen molar-refractivity contribution in [2.75, 3.05) is 31.2 Å². The van der Waals surface area contributed by atoms with Crippen molar-refractivity contribution in [3.05, 3.63) is 65.5 Å². The van der Waals surface area contributed by atoms with Crippen molar-refractivity contribution >= 4 is 15.7 Å². The van der Waals surface area contributed by atoms with Gasteiger partial charge in [0, 0.05) is 25.3 Å². The van der Waals surface area contributed by atoms with Crippen molar-refractivity contribution in [2.45, 2.75) is 12.3 Å². The van der Waals surface area contributed by atoms with Crippen molar-refractivity contribution in [3.8, 4) is 0 Å². The molecule has 0 aromatic heterocycles. The summed E-state index contributed by atoms with van der Waals surface area (Å²) < 4.78 is 45.1. The summed E-state index contributed by atoms with van der Waals surface area (Å²) in [5.74, 6) is -0.548. The summed E-state index contributed by atoms with van der Waals surface area (Å²) in [5.41, 5.74) is 2.55. The summed E-state index contributed by atoms with van der Waals surface area (Å²) in [6.07, 6.45) is 0. The highest BCUT2D eigenvalue weighted by molar-refractivity contribution is 7.88. The lowest BCUT2D eigenvalue weighted by atomic mass is 10.2. The van der Waals surface area contributed by atoms with Gasteiger partial charge in [0.25, 0.3) is 0 Å². The first kappa shape index (κ1) is 17.8. The molecule has 1 N–H and O–H groups in total. The monoisotopic (exact) mass is 364 g/mol. The highest BCUT2D eigenvalue weighted by atomic mass is 32.2. The number of hydrogen-bond acceptors (Lipinski definition) is 4. The van der Waals surface area contributed by atoms with Gasteiger partial charge in [0.05, 0.1) is 19.0 Å². The van der Waals surface area contributed by atoms with E-state index in [-0.39, 0.29) is 18.1 Å². The molecule has 0 atom stereocenters. The van der Waals surface area contributed by atoms with Gasteiger partial charge in [-0.2, -0.15) is 0 Å². The molecule has 25 heavy (non-hydrogen) atoms. The number of sulfonamides is 1. The Morgan fingerprint density at radius 3 is 2.20 bits per heavy atom. The highest BCUT2D eigenvalue weighted by Gasteiger charge is 2.13. The summed E-state index contributed by atoms with van der Waals surface area (Å²) >= 11 is 0. The topological polar surface area (TPSA) is 58.6 Å². The maximum atomic E-state index is 12.9. The van der Waals surface area contributed by atoms with Crippen LogP contribution in [0.1, 0.15) is 11.1 Å². The molecule has 0 saturated carbocycles. The van der Waals surface area contributed by atoms with E-state index in [1.807, 2.05) is 24.3 Å². The molecule has 0 unspecified atom stereocenters. The summed E-state index contributed by atoms with van der Waals surface area (Å²) in [5, 5.41) is 0. The Bertz CT molecular complexity index is 786. The zero-order chi connectivity index (χ0) is 17.7. The second kappa shape index (κ2) is 7.95. The van der Waals surface area contributed by atoms with Gasteiger partial charge >= 0.3 is 0 Å². The lowest BCUT2D eigenvalue weighted by molar-refractivity contribution is 0.122. The average molecular weight is 364 g/mol. The van der Waals surface area contributed by atoms with Gasteiger partial charge in [0.1, 0.15) is 5.82 Å². The first-order valence-corrected chi connectivity index (χ1v) is 9.80. The summed E-state index contributed by atoms with van der Waals surface area (Å²) in [6.45, 7) is 3.41. The number of anilines is 1. The van der Waals surface area contributed by atoms with Gasteiger partial charge in [-0.1, -0.05) is 24.3 Å². The Hall–Kier alpha value is -1.96. The first-order chi connectivity index (χ1) is 12.0. The molecule has 0 radical (unpaired) electrons. The van der Waals surface area contributed by atoms with Crippen LogP contribution in [0.5, 0.6) is 0 Å².